The summed E-state index contributed by atoms with van der Waals surface area (Å²) in [5, 5.41) is 12.5. The predicted molar refractivity (Wildman–Crippen MR) is 92.9 cm³/mol. The third-order valence-electron chi connectivity index (χ3n) is 3.57. The van der Waals surface area contributed by atoms with Crippen molar-refractivity contribution in [3.05, 3.63) is 76.8 Å². The highest BCUT2D eigenvalue weighted by molar-refractivity contribution is 7.15. The van der Waals surface area contributed by atoms with E-state index in [0.29, 0.717) is 16.6 Å². The number of hydrogen-bond acceptors (Lipinski definition) is 4. The van der Waals surface area contributed by atoms with Crippen molar-refractivity contribution in [3.63, 3.8) is 0 Å². The molecular formula is C18H17N3OS. The molecule has 1 amide bonds. The molecule has 0 bridgehead atoms. The van der Waals surface area contributed by atoms with Gasteiger partial charge in [-0.05, 0) is 23.6 Å². The molecule has 1 unspecified atom stereocenters. The number of hydrogen-bond donors (Lipinski definition) is 1. The summed E-state index contributed by atoms with van der Waals surface area (Å²) in [4.78, 5) is 12.1. The Labute approximate surface area is 139 Å². The minimum absolute atomic E-state index is 0.163. The smallest absolute Gasteiger partial charge is 0.257 e. The van der Waals surface area contributed by atoms with Crippen LogP contribution in [0, 0.1) is 0 Å². The Bertz CT molecular complexity index is 771. The molecule has 0 radical (unpaired) electrons. The molecule has 1 N–H and O–H groups in total. The average molecular weight is 323 g/mol. The molecule has 3 aromatic rings. The lowest BCUT2D eigenvalue weighted by molar-refractivity contribution is 0.102. The second-order valence-corrected chi connectivity index (χ2v) is 6.40. The van der Waals surface area contributed by atoms with Crippen molar-refractivity contribution < 1.29 is 4.79 Å². The molecule has 0 aliphatic rings. The van der Waals surface area contributed by atoms with E-state index in [1.54, 1.807) is 12.1 Å². The van der Waals surface area contributed by atoms with Gasteiger partial charge in [-0.3, -0.25) is 10.1 Å². The minimum Gasteiger partial charge on any atom is -0.296 e. The van der Waals surface area contributed by atoms with Gasteiger partial charge in [-0.1, -0.05) is 66.8 Å². The van der Waals surface area contributed by atoms with Crippen LogP contribution < -0.4 is 5.32 Å². The molecule has 116 valence electrons. The summed E-state index contributed by atoms with van der Waals surface area (Å²) in [6, 6.07) is 19.4. The topological polar surface area (TPSA) is 54.9 Å². The normalized spacial score (nSPS) is 11.9. The van der Waals surface area contributed by atoms with Crippen LogP contribution in [-0.4, -0.2) is 16.1 Å². The fraction of sp³-hybridized carbons (Fsp3) is 0.167. The van der Waals surface area contributed by atoms with Crippen molar-refractivity contribution in [2.24, 2.45) is 0 Å². The highest BCUT2D eigenvalue weighted by Crippen LogP contribution is 2.24. The fourth-order valence-corrected chi connectivity index (χ4v) is 3.17. The lowest BCUT2D eigenvalue weighted by Crippen LogP contribution is -2.11. The molecule has 1 heterocycles. The minimum atomic E-state index is -0.163. The first kappa shape index (κ1) is 15.4. The molecule has 0 aliphatic carbocycles. The van der Waals surface area contributed by atoms with Gasteiger partial charge in [0.05, 0.1) is 0 Å². The first-order chi connectivity index (χ1) is 11.2. The third-order valence-corrected chi connectivity index (χ3v) is 4.43. The van der Waals surface area contributed by atoms with Gasteiger partial charge in [0.1, 0.15) is 5.01 Å². The molecule has 0 fully saturated rings. The van der Waals surface area contributed by atoms with Crippen LogP contribution in [0.3, 0.4) is 0 Å². The molecule has 0 aliphatic heterocycles. The molecule has 0 saturated carbocycles. The summed E-state index contributed by atoms with van der Waals surface area (Å²) in [5.74, 6) is 0.200. The van der Waals surface area contributed by atoms with E-state index in [1.165, 1.54) is 16.9 Å². The summed E-state index contributed by atoms with van der Waals surface area (Å²) >= 11 is 1.42. The van der Waals surface area contributed by atoms with Crippen LogP contribution in [-0.2, 0) is 6.42 Å². The van der Waals surface area contributed by atoms with E-state index in [-0.39, 0.29) is 5.91 Å². The molecule has 1 atom stereocenters. The van der Waals surface area contributed by atoms with Crippen molar-refractivity contribution in [3.8, 4) is 0 Å². The van der Waals surface area contributed by atoms with Gasteiger partial charge >= 0.3 is 0 Å². The van der Waals surface area contributed by atoms with Crippen molar-refractivity contribution >= 4 is 22.4 Å². The number of amides is 1. The third kappa shape index (κ3) is 4.02. The summed E-state index contributed by atoms with van der Waals surface area (Å²) in [5.41, 5.74) is 1.89. The number of nitrogens with zero attached hydrogens (tertiary/aromatic N) is 2. The number of nitrogens with one attached hydrogen (secondary N) is 1. The van der Waals surface area contributed by atoms with Gasteiger partial charge in [0.2, 0.25) is 5.13 Å². The van der Waals surface area contributed by atoms with Gasteiger partial charge < -0.3 is 0 Å². The van der Waals surface area contributed by atoms with Crippen molar-refractivity contribution in [2.45, 2.75) is 19.3 Å². The number of rotatable bonds is 5. The molecule has 1 aromatic heterocycles. The van der Waals surface area contributed by atoms with E-state index >= 15 is 0 Å². The Morgan fingerprint density at radius 1 is 1.04 bits per heavy atom. The van der Waals surface area contributed by atoms with E-state index in [4.69, 9.17) is 0 Å². The van der Waals surface area contributed by atoms with Crippen LogP contribution in [0.1, 0.15) is 33.8 Å². The second-order valence-electron chi connectivity index (χ2n) is 5.34. The van der Waals surface area contributed by atoms with Crippen LogP contribution in [0.5, 0.6) is 0 Å². The lowest BCUT2D eigenvalue weighted by Gasteiger charge is -2.08. The maximum Gasteiger partial charge on any atom is 0.257 e. The fourth-order valence-electron chi connectivity index (χ4n) is 2.31. The maximum absolute atomic E-state index is 12.1. The Morgan fingerprint density at radius 2 is 1.70 bits per heavy atom. The van der Waals surface area contributed by atoms with Crippen molar-refractivity contribution in [2.75, 3.05) is 5.32 Å². The Morgan fingerprint density at radius 3 is 2.39 bits per heavy atom. The van der Waals surface area contributed by atoms with Crippen LogP contribution in [0.4, 0.5) is 5.13 Å². The van der Waals surface area contributed by atoms with Crippen LogP contribution in [0.15, 0.2) is 60.7 Å². The SMILES string of the molecule is CC(Cc1nnc(NC(=O)c2ccccc2)s1)c1ccccc1. The average Bonchev–Trinajstić information content (AvgIpc) is 3.03. The Balaban J connectivity index is 1.63. The van der Waals surface area contributed by atoms with E-state index in [9.17, 15) is 4.79 Å². The molecular weight excluding hydrogens is 306 g/mol. The molecule has 4 nitrogen and oxygen atoms in total. The zero-order valence-electron chi connectivity index (χ0n) is 12.8. The van der Waals surface area contributed by atoms with Crippen LogP contribution in [0.25, 0.3) is 0 Å². The first-order valence-corrected chi connectivity index (χ1v) is 8.28. The highest BCUT2D eigenvalue weighted by Gasteiger charge is 2.13. The zero-order valence-corrected chi connectivity index (χ0v) is 13.6. The summed E-state index contributed by atoms with van der Waals surface area (Å²) < 4.78 is 0. The van der Waals surface area contributed by atoms with Gasteiger partial charge in [-0.2, -0.15) is 0 Å². The van der Waals surface area contributed by atoms with Crippen molar-refractivity contribution in [1.29, 1.82) is 0 Å². The number of carbonyl (C=O) groups excluding carboxylic acids is 1. The monoisotopic (exact) mass is 323 g/mol. The van der Waals surface area contributed by atoms with Gasteiger partial charge in [0, 0.05) is 12.0 Å². The molecule has 3 rings (SSSR count). The largest absolute Gasteiger partial charge is 0.296 e. The van der Waals surface area contributed by atoms with Crippen LogP contribution in [0.2, 0.25) is 0 Å². The zero-order chi connectivity index (χ0) is 16.1. The van der Waals surface area contributed by atoms with Crippen molar-refractivity contribution in [1.82, 2.24) is 10.2 Å². The summed E-state index contributed by atoms with van der Waals surface area (Å²) in [6.07, 6.45) is 0.808. The van der Waals surface area contributed by atoms with Gasteiger partial charge in [0.15, 0.2) is 0 Å². The summed E-state index contributed by atoms with van der Waals surface area (Å²) in [6.45, 7) is 2.17. The molecule has 0 spiro atoms. The van der Waals surface area contributed by atoms with Gasteiger partial charge in [-0.25, -0.2) is 0 Å². The molecule has 5 heteroatoms. The lowest BCUT2D eigenvalue weighted by atomic mass is 9.98. The first-order valence-electron chi connectivity index (χ1n) is 7.46. The predicted octanol–water partition coefficient (Wildman–Crippen LogP) is 4.14. The number of benzene rings is 2. The second kappa shape index (κ2) is 7.15. The molecule has 23 heavy (non-hydrogen) atoms. The maximum atomic E-state index is 12.1. The Kier molecular flexibility index (Phi) is 4.78. The highest BCUT2D eigenvalue weighted by atomic mass is 32.1. The molecule has 0 saturated heterocycles. The number of anilines is 1. The van der Waals surface area contributed by atoms with E-state index in [1.807, 2.05) is 36.4 Å². The van der Waals surface area contributed by atoms with Gasteiger partial charge in [-0.15, -0.1) is 10.2 Å². The van der Waals surface area contributed by atoms with E-state index < -0.39 is 0 Å². The summed E-state index contributed by atoms with van der Waals surface area (Å²) in [7, 11) is 0. The number of carbonyl (C=O) groups is 1. The Hall–Kier alpha value is -2.53. The van der Waals surface area contributed by atoms with E-state index in [0.717, 1.165) is 11.4 Å². The molecule has 2 aromatic carbocycles. The standard InChI is InChI=1S/C18H17N3OS/c1-13(14-8-4-2-5-9-14)12-16-20-21-18(23-16)19-17(22)15-10-6-3-7-11-15/h2-11,13H,12H2,1H3,(H,19,21,22). The number of aromatic nitrogens is 2. The van der Waals surface area contributed by atoms with Crippen LogP contribution >= 0.6 is 11.3 Å². The quantitative estimate of drug-likeness (QED) is 0.768. The van der Waals surface area contributed by atoms with E-state index in [2.05, 4.69) is 34.6 Å². The van der Waals surface area contributed by atoms with Gasteiger partial charge in [0.25, 0.3) is 5.91 Å².